The Morgan fingerprint density at radius 1 is 0.886 bits per heavy atom. The number of benzene rings is 2. The number of aromatic nitrogens is 3. The molecule has 186 valence electrons. The van der Waals surface area contributed by atoms with E-state index in [-0.39, 0.29) is 6.67 Å². The second kappa shape index (κ2) is 14.8. The Hall–Kier alpha value is -3.34. The second-order valence-electron chi connectivity index (χ2n) is 8.18. The molecule has 1 N–H and O–H groups in total. The van der Waals surface area contributed by atoms with Gasteiger partial charge in [-0.1, -0.05) is 46.2 Å². The number of rotatable bonds is 7. The highest BCUT2D eigenvalue weighted by Crippen LogP contribution is 2.26. The SMILES string of the molecule is CC.CCCNc1ccc(CCC)c(CF)c1.Cc1ncnc2c(C)cc(-c3cccnc3)cc12. The van der Waals surface area contributed by atoms with Gasteiger partial charge in [0.15, 0.2) is 0 Å². The minimum atomic E-state index is -0.364. The van der Waals surface area contributed by atoms with Crippen LogP contribution in [0.5, 0.6) is 0 Å². The van der Waals surface area contributed by atoms with Crippen molar-refractivity contribution >= 4 is 16.6 Å². The molecule has 2 aromatic heterocycles. The number of nitrogens with zero attached hydrogens (tertiary/aromatic N) is 3. The predicted molar refractivity (Wildman–Crippen MR) is 148 cm³/mol. The number of pyridine rings is 1. The summed E-state index contributed by atoms with van der Waals surface area (Å²) in [5, 5.41) is 4.38. The molecular weight excluding hydrogens is 435 g/mol. The third-order valence-electron chi connectivity index (χ3n) is 5.57. The van der Waals surface area contributed by atoms with Crippen LogP contribution >= 0.6 is 0 Å². The minimum absolute atomic E-state index is 0.364. The maximum absolute atomic E-state index is 12.8. The lowest BCUT2D eigenvalue weighted by Crippen LogP contribution is -2.01. The Kier molecular flexibility index (Phi) is 11.8. The smallest absolute Gasteiger partial charge is 0.116 e. The molecule has 0 saturated heterocycles. The summed E-state index contributed by atoms with van der Waals surface area (Å²) in [7, 11) is 0. The summed E-state index contributed by atoms with van der Waals surface area (Å²) in [4.78, 5) is 12.8. The molecule has 0 radical (unpaired) electrons. The minimum Gasteiger partial charge on any atom is -0.385 e. The number of nitrogens with one attached hydrogen (secondary N) is 1. The highest BCUT2D eigenvalue weighted by atomic mass is 19.1. The van der Waals surface area contributed by atoms with Crippen molar-refractivity contribution in [2.75, 3.05) is 11.9 Å². The van der Waals surface area contributed by atoms with Crippen molar-refractivity contribution in [3.8, 4) is 11.1 Å². The van der Waals surface area contributed by atoms with Gasteiger partial charge in [-0.25, -0.2) is 14.4 Å². The Bertz CT molecular complexity index is 1180. The summed E-state index contributed by atoms with van der Waals surface area (Å²) in [6, 6.07) is 14.3. The van der Waals surface area contributed by atoms with Gasteiger partial charge in [0.05, 0.1) is 5.52 Å². The van der Waals surface area contributed by atoms with Crippen LogP contribution in [0.3, 0.4) is 0 Å². The summed E-state index contributed by atoms with van der Waals surface area (Å²) in [5.41, 5.74) is 8.47. The fraction of sp³-hybridized carbons (Fsp3) is 0.367. The summed E-state index contributed by atoms with van der Waals surface area (Å²) in [6.45, 7) is 12.9. The van der Waals surface area contributed by atoms with Crippen LogP contribution in [0.25, 0.3) is 22.0 Å². The molecule has 0 atom stereocenters. The molecule has 0 bridgehead atoms. The largest absolute Gasteiger partial charge is 0.385 e. The Morgan fingerprint density at radius 3 is 2.34 bits per heavy atom. The zero-order valence-electron chi connectivity index (χ0n) is 22.0. The number of fused-ring (bicyclic) bond motifs is 1. The Labute approximate surface area is 210 Å². The van der Waals surface area contributed by atoms with Crippen LogP contribution in [0.15, 0.2) is 61.2 Å². The Morgan fingerprint density at radius 2 is 1.69 bits per heavy atom. The van der Waals surface area contributed by atoms with E-state index in [2.05, 4.69) is 59.2 Å². The molecule has 2 heterocycles. The standard InChI is InChI=1S/C15H13N3.C13H20FN.C2H6/c1-10-6-13(12-4-3-5-16-8-12)7-14-11(2)17-9-18-15(10)14;1-3-5-11-6-7-13(15-8-4-2)9-12(11)10-14;1-2/h3-9H,1-2H3;6-7,9,15H,3-5,8,10H2,1-2H3;1-2H3. The summed E-state index contributed by atoms with van der Waals surface area (Å²) < 4.78 is 12.8. The van der Waals surface area contributed by atoms with E-state index < -0.39 is 0 Å². The zero-order chi connectivity index (χ0) is 25.6. The van der Waals surface area contributed by atoms with E-state index in [4.69, 9.17) is 0 Å². The van der Waals surface area contributed by atoms with E-state index in [0.717, 1.165) is 75.9 Å². The molecule has 0 saturated carbocycles. The van der Waals surface area contributed by atoms with Crippen molar-refractivity contribution in [3.63, 3.8) is 0 Å². The van der Waals surface area contributed by atoms with Gasteiger partial charge < -0.3 is 5.32 Å². The van der Waals surface area contributed by atoms with Crippen molar-refractivity contribution in [3.05, 3.63) is 83.6 Å². The van der Waals surface area contributed by atoms with Crippen LogP contribution in [-0.2, 0) is 13.1 Å². The van der Waals surface area contributed by atoms with Crippen LogP contribution in [-0.4, -0.2) is 21.5 Å². The lowest BCUT2D eigenvalue weighted by Gasteiger charge is -2.10. The van der Waals surface area contributed by atoms with Crippen LogP contribution < -0.4 is 5.32 Å². The van der Waals surface area contributed by atoms with Crippen LogP contribution in [0.1, 0.15) is 62.9 Å². The van der Waals surface area contributed by atoms with Crippen molar-refractivity contribution in [2.45, 2.75) is 67.5 Å². The molecule has 35 heavy (non-hydrogen) atoms. The van der Waals surface area contributed by atoms with Crippen molar-refractivity contribution in [1.82, 2.24) is 15.0 Å². The fourth-order valence-corrected chi connectivity index (χ4v) is 3.81. The quantitative estimate of drug-likeness (QED) is 0.293. The molecule has 0 aliphatic heterocycles. The first-order valence-electron chi connectivity index (χ1n) is 12.6. The van der Waals surface area contributed by atoms with Gasteiger partial charge in [0, 0.05) is 41.3 Å². The van der Waals surface area contributed by atoms with E-state index in [1.54, 1.807) is 12.5 Å². The molecule has 4 aromatic rings. The van der Waals surface area contributed by atoms with Crippen LogP contribution in [0, 0.1) is 13.8 Å². The molecule has 0 aliphatic carbocycles. The van der Waals surface area contributed by atoms with Gasteiger partial charge in [-0.2, -0.15) is 0 Å². The summed E-state index contributed by atoms with van der Waals surface area (Å²) >= 11 is 0. The first-order valence-corrected chi connectivity index (χ1v) is 12.6. The van der Waals surface area contributed by atoms with E-state index in [9.17, 15) is 4.39 Å². The maximum Gasteiger partial charge on any atom is 0.116 e. The third-order valence-corrected chi connectivity index (χ3v) is 5.57. The van der Waals surface area contributed by atoms with Crippen molar-refractivity contribution in [1.29, 1.82) is 0 Å². The lowest BCUT2D eigenvalue weighted by atomic mass is 10.0. The van der Waals surface area contributed by atoms with E-state index in [1.807, 2.05) is 51.2 Å². The number of halogens is 1. The molecule has 2 aromatic carbocycles. The molecule has 0 fully saturated rings. The molecule has 4 nitrogen and oxygen atoms in total. The van der Waals surface area contributed by atoms with Crippen molar-refractivity contribution < 1.29 is 4.39 Å². The fourth-order valence-electron chi connectivity index (χ4n) is 3.81. The monoisotopic (exact) mass is 474 g/mol. The van der Waals surface area contributed by atoms with Gasteiger partial charge in [-0.05, 0) is 79.3 Å². The van der Waals surface area contributed by atoms with E-state index in [1.165, 1.54) is 0 Å². The highest BCUT2D eigenvalue weighted by molar-refractivity contribution is 5.88. The zero-order valence-corrected chi connectivity index (χ0v) is 22.0. The lowest BCUT2D eigenvalue weighted by molar-refractivity contribution is 0.482. The maximum atomic E-state index is 12.8. The molecular formula is C30H39FN4. The van der Waals surface area contributed by atoms with E-state index >= 15 is 0 Å². The molecule has 0 spiro atoms. The number of hydrogen-bond donors (Lipinski definition) is 1. The normalized spacial score (nSPS) is 10.1. The summed E-state index contributed by atoms with van der Waals surface area (Å²) in [5.74, 6) is 0. The van der Waals surface area contributed by atoms with Crippen molar-refractivity contribution in [2.24, 2.45) is 0 Å². The highest BCUT2D eigenvalue weighted by Gasteiger charge is 2.07. The van der Waals surface area contributed by atoms with Gasteiger partial charge in [0.2, 0.25) is 0 Å². The average Bonchev–Trinajstić information content (AvgIpc) is 2.91. The predicted octanol–water partition coefficient (Wildman–Crippen LogP) is 8.27. The molecule has 5 heteroatoms. The molecule has 0 unspecified atom stereocenters. The molecule has 0 amide bonds. The van der Waals surface area contributed by atoms with E-state index in [0.29, 0.717) is 0 Å². The first kappa shape index (κ1) is 27.9. The van der Waals surface area contributed by atoms with Gasteiger partial charge in [-0.3, -0.25) is 4.98 Å². The van der Waals surface area contributed by atoms with Gasteiger partial charge >= 0.3 is 0 Å². The number of anilines is 1. The average molecular weight is 475 g/mol. The molecule has 0 aliphatic rings. The number of aryl methyl sites for hydroxylation is 3. The van der Waals surface area contributed by atoms with Crippen LogP contribution in [0.2, 0.25) is 0 Å². The van der Waals surface area contributed by atoms with Gasteiger partial charge in [0.25, 0.3) is 0 Å². The third kappa shape index (κ3) is 7.84. The Balaban J connectivity index is 0.000000235. The second-order valence-corrected chi connectivity index (χ2v) is 8.18. The number of hydrogen-bond acceptors (Lipinski definition) is 4. The van der Waals surface area contributed by atoms with Gasteiger partial charge in [-0.15, -0.1) is 0 Å². The van der Waals surface area contributed by atoms with Gasteiger partial charge in [0.1, 0.15) is 13.0 Å². The first-order chi connectivity index (χ1) is 17.1. The van der Waals surface area contributed by atoms with Crippen LogP contribution in [0.4, 0.5) is 10.1 Å². The number of alkyl halides is 1. The summed E-state index contributed by atoms with van der Waals surface area (Å²) in [6.07, 6.45) is 8.39. The molecule has 4 rings (SSSR count). The topological polar surface area (TPSA) is 50.7 Å².